The largest absolute Gasteiger partial charge is 0.478 e. The summed E-state index contributed by atoms with van der Waals surface area (Å²) in [5.41, 5.74) is -0.279. The van der Waals surface area contributed by atoms with Crippen molar-refractivity contribution < 1.29 is 23.1 Å². The lowest BCUT2D eigenvalue weighted by molar-refractivity contribution is -0.140. The topological polar surface area (TPSA) is 101 Å². The molecule has 140 valence electrons. The van der Waals surface area contributed by atoms with Gasteiger partial charge in [0.2, 0.25) is 5.91 Å². The van der Waals surface area contributed by atoms with Gasteiger partial charge in [-0.25, -0.2) is 13.2 Å². The summed E-state index contributed by atoms with van der Waals surface area (Å²) in [6.07, 6.45) is 7.36. The van der Waals surface area contributed by atoms with Crippen LogP contribution in [-0.4, -0.2) is 31.7 Å². The van der Waals surface area contributed by atoms with Crippen LogP contribution in [0.25, 0.3) is 0 Å². The van der Waals surface area contributed by atoms with E-state index in [0.717, 1.165) is 31.6 Å². The van der Waals surface area contributed by atoms with E-state index in [2.05, 4.69) is 5.32 Å². The molecule has 4 bridgehead atoms. The smallest absolute Gasteiger partial charge is 0.335 e. The molecule has 0 spiro atoms. The predicted octanol–water partition coefficient (Wildman–Crippen LogP) is 2.94. The molecule has 1 amide bonds. The summed E-state index contributed by atoms with van der Waals surface area (Å²) in [7, 11) is -3.58. The number of carboxylic acid groups (broad SMARTS) is 1. The number of amides is 1. The molecule has 0 heterocycles. The van der Waals surface area contributed by atoms with Crippen LogP contribution in [0.2, 0.25) is 0 Å². The monoisotopic (exact) mass is 377 g/mol. The molecule has 1 aromatic carbocycles. The van der Waals surface area contributed by atoms with Crippen LogP contribution in [0.4, 0.5) is 5.69 Å². The number of rotatable bonds is 4. The average molecular weight is 377 g/mol. The highest BCUT2D eigenvalue weighted by atomic mass is 32.2. The highest BCUT2D eigenvalue weighted by molar-refractivity contribution is 7.90. The zero-order valence-corrected chi connectivity index (χ0v) is 15.5. The van der Waals surface area contributed by atoms with Crippen LogP contribution < -0.4 is 5.32 Å². The molecule has 4 aliphatic carbocycles. The minimum absolute atomic E-state index is 0.0846. The number of carbonyl (C=O) groups excluding carboxylic acids is 1. The molecular weight excluding hydrogens is 354 g/mol. The van der Waals surface area contributed by atoms with Crippen LogP contribution in [0, 0.1) is 23.2 Å². The molecule has 0 aromatic heterocycles. The molecule has 4 saturated carbocycles. The number of hydrogen-bond acceptors (Lipinski definition) is 4. The Morgan fingerprint density at radius 3 is 2.04 bits per heavy atom. The molecule has 4 aliphatic rings. The molecule has 0 unspecified atom stereocenters. The molecule has 0 aliphatic heterocycles. The zero-order valence-electron chi connectivity index (χ0n) is 14.7. The van der Waals surface area contributed by atoms with Gasteiger partial charge < -0.3 is 10.4 Å². The van der Waals surface area contributed by atoms with Gasteiger partial charge in [0.05, 0.1) is 15.9 Å². The Labute approximate surface area is 152 Å². The zero-order chi connectivity index (χ0) is 18.7. The molecule has 5 rings (SSSR count). The Hall–Kier alpha value is -1.89. The van der Waals surface area contributed by atoms with Crippen molar-refractivity contribution in [1.29, 1.82) is 0 Å². The van der Waals surface area contributed by atoms with Gasteiger partial charge in [-0.05, 0) is 74.5 Å². The number of aromatic carboxylic acids is 1. The number of sulfone groups is 1. The van der Waals surface area contributed by atoms with E-state index in [-0.39, 0.29) is 27.5 Å². The number of nitrogens with one attached hydrogen (secondary N) is 1. The van der Waals surface area contributed by atoms with Crippen LogP contribution in [0.15, 0.2) is 23.1 Å². The minimum atomic E-state index is -3.58. The van der Waals surface area contributed by atoms with Crippen LogP contribution in [0.1, 0.15) is 48.9 Å². The van der Waals surface area contributed by atoms with Gasteiger partial charge in [-0.3, -0.25) is 4.79 Å². The summed E-state index contributed by atoms with van der Waals surface area (Å²) < 4.78 is 23.7. The number of benzene rings is 1. The summed E-state index contributed by atoms with van der Waals surface area (Å²) in [6, 6.07) is 3.80. The van der Waals surface area contributed by atoms with Gasteiger partial charge in [-0.2, -0.15) is 0 Å². The van der Waals surface area contributed by atoms with Gasteiger partial charge in [0.25, 0.3) is 0 Å². The number of carboxylic acids is 1. The molecule has 6 nitrogen and oxygen atoms in total. The fourth-order valence-electron chi connectivity index (χ4n) is 5.66. The van der Waals surface area contributed by atoms with Crippen molar-refractivity contribution in [1.82, 2.24) is 0 Å². The highest BCUT2D eigenvalue weighted by Crippen LogP contribution is 2.60. The quantitative estimate of drug-likeness (QED) is 0.840. The van der Waals surface area contributed by atoms with E-state index in [4.69, 9.17) is 0 Å². The van der Waals surface area contributed by atoms with Crippen LogP contribution >= 0.6 is 0 Å². The van der Waals surface area contributed by atoms with E-state index >= 15 is 0 Å². The fraction of sp³-hybridized carbons (Fsp3) is 0.579. The first-order valence-corrected chi connectivity index (χ1v) is 10.9. The van der Waals surface area contributed by atoms with Crippen molar-refractivity contribution in [3.63, 3.8) is 0 Å². The second-order valence-electron chi connectivity index (χ2n) is 8.48. The summed E-state index contributed by atoms with van der Waals surface area (Å²) in [6.45, 7) is 0. The van der Waals surface area contributed by atoms with Crippen LogP contribution in [0.5, 0.6) is 0 Å². The molecular formula is C19H23NO5S. The molecule has 26 heavy (non-hydrogen) atoms. The van der Waals surface area contributed by atoms with E-state index in [0.29, 0.717) is 17.8 Å². The molecule has 0 atom stereocenters. The highest BCUT2D eigenvalue weighted by Gasteiger charge is 2.54. The maximum atomic E-state index is 13.1. The van der Waals surface area contributed by atoms with Crippen LogP contribution in [-0.2, 0) is 14.6 Å². The Morgan fingerprint density at radius 2 is 1.58 bits per heavy atom. The molecule has 2 N–H and O–H groups in total. The van der Waals surface area contributed by atoms with Crippen molar-refractivity contribution in [3.8, 4) is 0 Å². The van der Waals surface area contributed by atoms with Crippen molar-refractivity contribution in [3.05, 3.63) is 23.8 Å². The Balaban J connectivity index is 1.64. The predicted molar refractivity (Wildman–Crippen MR) is 95.7 cm³/mol. The lowest BCUT2D eigenvalue weighted by Gasteiger charge is -2.55. The standard InChI is InChI=1S/C19H23NO5S/c1-26(24,25)16-6-14(17(21)22)5-15(7-16)20-18(23)19-8-11-2-12(9-19)4-13(3-11)10-19/h5-7,11-13H,2-4,8-10H2,1H3,(H,20,23)(H,21,22). The van der Waals surface area contributed by atoms with E-state index in [1.165, 1.54) is 31.4 Å². The van der Waals surface area contributed by atoms with E-state index in [1.807, 2.05) is 0 Å². The van der Waals surface area contributed by atoms with Gasteiger partial charge in [-0.1, -0.05) is 0 Å². The molecule has 0 saturated heterocycles. The Kier molecular flexibility index (Phi) is 3.91. The number of hydrogen-bond donors (Lipinski definition) is 2. The SMILES string of the molecule is CS(=O)(=O)c1cc(NC(=O)C23CC4CC(CC(C4)C2)C3)cc(C(=O)O)c1. The first-order chi connectivity index (χ1) is 12.1. The lowest BCUT2D eigenvalue weighted by atomic mass is 9.49. The van der Waals surface area contributed by atoms with E-state index in [1.54, 1.807) is 0 Å². The average Bonchev–Trinajstić information content (AvgIpc) is 2.52. The van der Waals surface area contributed by atoms with Crippen molar-refractivity contribution in [2.24, 2.45) is 23.2 Å². The Morgan fingerprint density at radius 1 is 1.04 bits per heavy atom. The second kappa shape index (κ2) is 5.81. The van der Waals surface area contributed by atoms with Crippen LogP contribution in [0.3, 0.4) is 0 Å². The molecule has 4 fully saturated rings. The normalized spacial score (nSPS) is 32.4. The second-order valence-corrected chi connectivity index (χ2v) is 10.5. The summed E-state index contributed by atoms with van der Waals surface area (Å²) in [4.78, 5) is 24.3. The Bertz CT molecular complexity index is 854. The third-order valence-electron chi connectivity index (χ3n) is 6.36. The van der Waals surface area contributed by atoms with Gasteiger partial charge in [-0.15, -0.1) is 0 Å². The summed E-state index contributed by atoms with van der Waals surface area (Å²) in [5, 5.41) is 12.1. The van der Waals surface area contributed by atoms with Gasteiger partial charge >= 0.3 is 5.97 Å². The summed E-state index contributed by atoms with van der Waals surface area (Å²) in [5.74, 6) is 0.538. The molecule has 0 radical (unpaired) electrons. The third kappa shape index (κ3) is 3.02. The van der Waals surface area contributed by atoms with E-state index in [9.17, 15) is 23.1 Å². The summed E-state index contributed by atoms with van der Waals surface area (Å²) >= 11 is 0. The molecule has 1 aromatic rings. The number of anilines is 1. The van der Waals surface area contributed by atoms with Gasteiger partial charge in [0.1, 0.15) is 0 Å². The van der Waals surface area contributed by atoms with E-state index < -0.39 is 15.8 Å². The maximum absolute atomic E-state index is 13.1. The van der Waals surface area contributed by atoms with Crippen molar-refractivity contribution in [2.75, 3.05) is 11.6 Å². The van der Waals surface area contributed by atoms with Gasteiger partial charge in [0.15, 0.2) is 9.84 Å². The van der Waals surface area contributed by atoms with Gasteiger partial charge in [0, 0.05) is 11.9 Å². The lowest BCUT2D eigenvalue weighted by Crippen LogP contribution is -2.51. The minimum Gasteiger partial charge on any atom is -0.478 e. The number of carbonyl (C=O) groups is 2. The first-order valence-electron chi connectivity index (χ1n) is 9.04. The molecule has 7 heteroatoms. The third-order valence-corrected chi connectivity index (χ3v) is 7.45. The van der Waals surface area contributed by atoms with Crippen molar-refractivity contribution >= 4 is 27.4 Å². The first kappa shape index (κ1) is 17.5. The maximum Gasteiger partial charge on any atom is 0.335 e. The fourth-order valence-corrected chi connectivity index (χ4v) is 6.34. The van der Waals surface area contributed by atoms with Crippen molar-refractivity contribution in [2.45, 2.75) is 43.4 Å².